The topological polar surface area (TPSA) is 66.5 Å². The van der Waals surface area contributed by atoms with E-state index in [1.807, 2.05) is 50.4 Å². The molecule has 0 radical (unpaired) electrons. The fourth-order valence-electron chi connectivity index (χ4n) is 2.84. The number of imide groups is 2. The Morgan fingerprint density at radius 3 is 2.15 bits per heavy atom. The monoisotopic (exact) mass is 366 g/mol. The van der Waals surface area contributed by atoms with Crippen LogP contribution in [0, 0.1) is 13.8 Å². The van der Waals surface area contributed by atoms with Crippen molar-refractivity contribution in [2.75, 3.05) is 11.2 Å². The van der Waals surface area contributed by atoms with Gasteiger partial charge in [0.2, 0.25) is 0 Å². The summed E-state index contributed by atoms with van der Waals surface area (Å²) in [4.78, 5) is 39.4. The SMILES string of the molecule is CSc1ccc(/C=C2/C(=O)NC(=O)N(c3cc(C)cc(C)c3)C2=O)cc1. The number of anilines is 1. The molecule has 0 bridgehead atoms. The Balaban J connectivity index is 2.00. The van der Waals surface area contributed by atoms with E-state index in [-0.39, 0.29) is 5.57 Å². The summed E-state index contributed by atoms with van der Waals surface area (Å²) >= 11 is 1.61. The Morgan fingerprint density at radius 2 is 1.58 bits per heavy atom. The predicted octanol–water partition coefficient (Wildman–Crippen LogP) is 3.69. The molecule has 1 heterocycles. The van der Waals surface area contributed by atoms with Crippen LogP contribution in [-0.2, 0) is 9.59 Å². The van der Waals surface area contributed by atoms with Crippen LogP contribution in [0.1, 0.15) is 16.7 Å². The van der Waals surface area contributed by atoms with E-state index in [1.165, 1.54) is 6.08 Å². The zero-order chi connectivity index (χ0) is 18.8. The molecule has 4 amide bonds. The van der Waals surface area contributed by atoms with Crippen LogP contribution in [0.25, 0.3) is 6.08 Å². The van der Waals surface area contributed by atoms with Gasteiger partial charge in [-0.05, 0) is 67.1 Å². The average molecular weight is 366 g/mol. The largest absolute Gasteiger partial charge is 0.335 e. The van der Waals surface area contributed by atoms with Crippen molar-refractivity contribution in [1.29, 1.82) is 0 Å². The van der Waals surface area contributed by atoms with Crippen molar-refractivity contribution in [2.24, 2.45) is 0 Å². The number of urea groups is 1. The number of nitrogens with zero attached hydrogens (tertiary/aromatic N) is 1. The lowest BCUT2D eigenvalue weighted by Gasteiger charge is -2.27. The van der Waals surface area contributed by atoms with Gasteiger partial charge in [-0.2, -0.15) is 0 Å². The molecule has 0 saturated carbocycles. The Morgan fingerprint density at radius 1 is 0.962 bits per heavy atom. The maximum absolute atomic E-state index is 12.9. The van der Waals surface area contributed by atoms with Crippen molar-refractivity contribution >= 4 is 41.4 Å². The molecule has 3 rings (SSSR count). The first-order valence-corrected chi connectivity index (χ1v) is 9.25. The fraction of sp³-hybridized carbons (Fsp3) is 0.150. The molecule has 132 valence electrons. The molecule has 2 aromatic rings. The van der Waals surface area contributed by atoms with Gasteiger partial charge in [-0.25, -0.2) is 9.69 Å². The number of aryl methyl sites for hydroxylation is 2. The van der Waals surface area contributed by atoms with Crippen LogP contribution < -0.4 is 10.2 Å². The van der Waals surface area contributed by atoms with Crippen LogP contribution in [-0.4, -0.2) is 24.1 Å². The summed E-state index contributed by atoms with van der Waals surface area (Å²) < 4.78 is 0. The number of rotatable bonds is 3. The summed E-state index contributed by atoms with van der Waals surface area (Å²) in [6, 6.07) is 12.2. The number of barbiturate groups is 1. The number of carbonyl (C=O) groups excluding carboxylic acids is 3. The van der Waals surface area contributed by atoms with Gasteiger partial charge in [-0.1, -0.05) is 18.2 Å². The second-order valence-corrected chi connectivity index (χ2v) is 6.96. The highest BCUT2D eigenvalue weighted by Gasteiger charge is 2.36. The summed E-state index contributed by atoms with van der Waals surface area (Å²) in [5.41, 5.74) is 2.95. The zero-order valence-corrected chi connectivity index (χ0v) is 15.5. The maximum Gasteiger partial charge on any atom is 0.335 e. The molecule has 0 aromatic heterocycles. The van der Waals surface area contributed by atoms with Crippen molar-refractivity contribution < 1.29 is 14.4 Å². The van der Waals surface area contributed by atoms with E-state index in [4.69, 9.17) is 0 Å². The van der Waals surface area contributed by atoms with Gasteiger partial charge in [0, 0.05) is 4.90 Å². The van der Waals surface area contributed by atoms with Crippen LogP contribution in [0.5, 0.6) is 0 Å². The third kappa shape index (κ3) is 3.55. The molecule has 26 heavy (non-hydrogen) atoms. The second-order valence-electron chi connectivity index (χ2n) is 6.08. The number of thioether (sulfide) groups is 1. The standard InChI is InChI=1S/C20H18N2O3S/c1-12-8-13(2)10-15(9-12)22-19(24)17(18(23)21-20(22)25)11-14-4-6-16(26-3)7-5-14/h4-11H,1-3H3,(H,21,23,25)/b17-11-. The van der Waals surface area contributed by atoms with E-state index in [0.29, 0.717) is 5.69 Å². The molecule has 1 aliphatic rings. The Labute approximate surface area is 156 Å². The molecular formula is C20H18N2O3S. The van der Waals surface area contributed by atoms with Crippen LogP contribution in [0.4, 0.5) is 10.5 Å². The van der Waals surface area contributed by atoms with E-state index in [1.54, 1.807) is 23.9 Å². The highest BCUT2D eigenvalue weighted by atomic mass is 32.2. The molecule has 5 nitrogen and oxygen atoms in total. The van der Waals surface area contributed by atoms with Crippen molar-refractivity contribution in [2.45, 2.75) is 18.7 Å². The van der Waals surface area contributed by atoms with Crippen molar-refractivity contribution in [3.05, 3.63) is 64.7 Å². The average Bonchev–Trinajstić information content (AvgIpc) is 2.58. The minimum absolute atomic E-state index is 0.0688. The maximum atomic E-state index is 12.9. The third-order valence-electron chi connectivity index (χ3n) is 3.99. The lowest BCUT2D eigenvalue weighted by atomic mass is 10.1. The second kappa shape index (κ2) is 7.17. The van der Waals surface area contributed by atoms with Gasteiger partial charge in [-0.15, -0.1) is 11.8 Å². The summed E-state index contributed by atoms with van der Waals surface area (Å²) in [7, 11) is 0. The van der Waals surface area contributed by atoms with E-state index in [0.717, 1.165) is 26.5 Å². The molecule has 6 heteroatoms. The molecule has 1 saturated heterocycles. The molecule has 0 atom stereocenters. The van der Waals surface area contributed by atoms with Gasteiger partial charge in [0.1, 0.15) is 5.57 Å². The molecule has 1 aliphatic heterocycles. The summed E-state index contributed by atoms with van der Waals surface area (Å²) in [6.45, 7) is 3.77. The van der Waals surface area contributed by atoms with E-state index in [2.05, 4.69) is 5.32 Å². The molecule has 0 unspecified atom stereocenters. The zero-order valence-electron chi connectivity index (χ0n) is 14.7. The number of benzene rings is 2. The summed E-state index contributed by atoms with van der Waals surface area (Å²) in [6.07, 6.45) is 3.47. The van der Waals surface area contributed by atoms with Gasteiger partial charge in [0.05, 0.1) is 5.69 Å². The number of amides is 4. The minimum atomic E-state index is -0.736. The van der Waals surface area contributed by atoms with Crippen LogP contribution in [0.2, 0.25) is 0 Å². The highest BCUT2D eigenvalue weighted by Crippen LogP contribution is 2.24. The quantitative estimate of drug-likeness (QED) is 0.511. The van der Waals surface area contributed by atoms with E-state index < -0.39 is 17.8 Å². The molecule has 1 fully saturated rings. The van der Waals surface area contributed by atoms with Crippen LogP contribution >= 0.6 is 11.8 Å². The first kappa shape index (κ1) is 17.9. The van der Waals surface area contributed by atoms with Crippen molar-refractivity contribution in [3.8, 4) is 0 Å². The van der Waals surface area contributed by atoms with Gasteiger partial charge in [0.25, 0.3) is 11.8 Å². The molecule has 2 aromatic carbocycles. The van der Waals surface area contributed by atoms with Crippen molar-refractivity contribution in [3.63, 3.8) is 0 Å². The minimum Gasteiger partial charge on any atom is -0.273 e. The molecule has 0 aliphatic carbocycles. The Hall–Kier alpha value is -2.86. The van der Waals surface area contributed by atoms with Gasteiger partial charge < -0.3 is 0 Å². The molecule has 0 spiro atoms. The normalized spacial score (nSPS) is 16.2. The highest BCUT2D eigenvalue weighted by molar-refractivity contribution is 7.98. The number of hydrogen-bond donors (Lipinski definition) is 1. The Bertz CT molecular complexity index is 912. The summed E-state index contributed by atoms with van der Waals surface area (Å²) in [5, 5.41) is 2.24. The van der Waals surface area contributed by atoms with Crippen LogP contribution in [0.3, 0.4) is 0 Å². The summed E-state index contributed by atoms with van der Waals surface area (Å²) in [5.74, 6) is -1.31. The molecule has 1 N–H and O–H groups in total. The number of hydrogen-bond acceptors (Lipinski definition) is 4. The number of carbonyl (C=O) groups is 3. The first-order chi connectivity index (χ1) is 12.4. The Kier molecular flexibility index (Phi) is 4.95. The van der Waals surface area contributed by atoms with E-state index in [9.17, 15) is 14.4 Å². The van der Waals surface area contributed by atoms with Gasteiger partial charge in [-0.3, -0.25) is 14.9 Å². The van der Waals surface area contributed by atoms with Gasteiger partial charge >= 0.3 is 6.03 Å². The molecular weight excluding hydrogens is 348 g/mol. The lowest BCUT2D eigenvalue weighted by Crippen LogP contribution is -2.54. The third-order valence-corrected chi connectivity index (χ3v) is 4.74. The first-order valence-electron chi connectivity index (χ1n) is 8.03. The number of nitrogens with one attached hydrogen (secondary N) is 1. The smallest absolute Gasteiger partial charge is 0.273 e. The van der Waals surface area contributed by atoms with Crippen LogP contribution in [0.15, 0.2) is 52.9 Å². The van der Waals surface area contributed by atoms with Crippen molar-refractivity contribution in [1.82, 2.24) is 5.32 Å². The van der Waals surface area contributed by atoms with Gasteiger partial charge in [0.15, 0.2) is 0 Å². The van der Waals surface area contributed by atoms with E-state index >= 15 is 0 Å². The lowest BCUT2D eigenvalue weighted by molar-refractivity contribution is -0.122. The predicted molar refractivity (Wildman–Crippen MR) is 103 cm³/mol. The fourth-order valence-corrected chi connectivity index (χ4v) is 3.25.